The smallest absolute Gasteiger partial charge is 0.119 e. The van der Waals surface area contributed by atoms with Crippen LogP contribution in [0.1, 0.15) is 193 Å². The van der Waals surface area contributed by atoms with Crippen molar-refractivity contribution in [1.82, 2.24) is 0 Å². The molecule has 4 unspecified atom stereocenters. The van der Waals surface area contributed by atoms with E-state index in [1.165, 1.54) is 333 Å². The fourth-order valence-electron chi connectivity index (χ4n) is 20.2. The standard InChI is InChI=1S/C54H60S2.C38H44O2S2.C32H20S4/c1-35(2)9-7-11-37(5)13-15-39-17-21-41(22-18-39)45-27-25-43-29-31-47-51(49(43)33-45)55-54-48-32-30-44-26-28-46(34-50(44)52(48)56-53(47)54)42-23-19-40(20-24-42)16-14-38(6)12-8-10-36(3)4;1-5-9-11-25(7-3)23-39-29-17-13-27-15-19-31-35(33(27)21-29)41-38-32-20-16-28-14-18-30(22-34(28)36(32)42-37(31)38)40-24-26(8-4)12-10-6-2;1-17-3-13-27(33-17)21-7-5-19-9-11-23-29(25(19)15-21)35-32-24-12-10-20-6-8-22(28-14-4-18(2)34-28)16-26(20)30(24)36-31(23)32/h17-38H,7-16H2,1-6H3;13-22,25-26H,5-12,23-24H2,1-4H3;3-16H,1-2H3. The van der Waals surface area contributed by atoms with Gasteiger partial charge in [-0.1, -0.05) is 328 Å². The molecular weight excluding hydrogens is 1780 g/mol. The molecule has 10 heteroatoms. The van der Waals surface area contributed by atoms with Gasteiger partial charge in [-0.25, -0.2) is 0 Å². The van der Waals surface area contributed by atoms with Gasteiger partial charge in [-0.15, -0.1) is 90.7 Å². The van der Waals surface area contributed by atoms with Gasteiger partial charge < -0.3 is 9.47 Å². The van der Waals surface area contributed by atoms with Crippen LogP contribution in [0.4, 0.5) is 0 Å². The molecule has 0 radical (unpaired) electrons. The first kappa shape index (κ1) is 91.9. The molecular formula is C124H124O2S8. The molecule has 2 nitrogen and oxygen atoms in total. The highest BCUT2D eigenvalue weighted by Crippen LogP contribution is 2.54. The molecule has 14 aromatic carbocycles. The lowest BCUT2D eigenvalue weighted by Crippen LogP contribution is -2.11. The third-order valence-electron chi connectivity index (χ3n) is 28.6. The Hall–Kier alpha value is -9.82. The molecule has 0 amide bonds. The molecule has 0 aliphatic heterocycles. The van der Waals surface area contributed by atoms with Crippen LogP contribution in [0.3, 0.4) is 0 Å². The van der Waals surface area contributed by atoms with Gasteiger partial charge >= 0.3 is 0 Å². The average Bonchev–Trinajstić information content (AvgIpc) is 1.57. The van der Waals surface area contributed by atoms with Gasteiger partial charge in [0.25, 0.3) is 0 Å². The first-order valence-electron chi connectivity index (χ1n) is 49.8. The molecule has 8 heterocycles. The zero-order chi connectivity index (χ0) is 91.8. The number of hydrogen-bond acceptors (Lipinski definition) is 10. The van der Waals surface area contributed by atoms with Crippen molar-refractivity contribution >= 4 is 244 Å². The Morgan fingerprint density at radius 1 is 0.231 bits per heavy atom. The van der Waals surface area contributed by atoms with E-state index in [9.17, 15) is 0 Å². The van der Waals surface area contributed by atoms with E-state index in [1.54, 1.807) is 0 Å². The maximum atomic E-state index is 6.35. The zero-order valence-corrected chi connectivity index (χ0v) is 86.5. The predicted molar refractivity (Wildman–Crippen MR) is 606 cm³/mol. The molecule has 0 saturated carbocycles. The number of ether oxygens (including phenoxy) is 2. The predicted octanol–water partition coefficient (Wildman–Crippen LogP) is 42.1. The van der Waals surface area contributed by atoms with Gasteiger partial charge in [0.05, 0.1) is 41.4 Å². The Kier molecular flexibility index (Phi) is 28.0. The fraction of sp³-hybridized carbons (Fsp3) is 0.306. The first-order valence-corrected chi connectivity index (χ1v) is 56.3. The van der Waals surface area contributed by atoms with Crippen molar-refractivity contribution in [3.8, 4) is 54.6 Å². The number of benzene rings is 14. The average molecular weight is 1900 g/mol. The largest absolute Gasteiger partial charge is 0.493 e. The van der Waals surface area contributed by atoms with E-state index in [0.717, 1.165) is 48.4 Å². The molecule has 0 saturated heterocycles. The molecule has 0 bridgehead atoms. The maximum Gasteiger partial charge on any atom is 0.119 e. The highest BCUT2D eigenvalue weighted by atomic mass is 32.1. The monoisotopic (exact) mass is 1900 g/mol. The zero-order valence-electron chi connectivity index (χ0n) is 79.9. The fourth-order valence-corrected chi connectivity index (χ4v) is 30.6. The minimum absolute atomic E-state index is 0.629. The van der Waals surface area contributed by atoms with Gasteiger partial charge in [-0.05, 0) is 238 Å². The topological polar surface area (TPSA) is 18.5 Å². The number of fused-ring (bicyclic) bond motifs is 27. The molecule has 134 heavy (non-hydrogen) atoms. The van der Waals surface area contributed by atoms with E-state index in [1.807, 2.05) is 90.7 Å². The molecule has 0 aliphatic carbocycles. The lowest BCUT2D eigenvalue weighted by molar-refractivity contribution is 0.233. The highest BCUT2D eigenvalue weighted by Gasteiger charge is 2.24. The molecule has 22 aromatic rings. The maximum absolute atomic E-state index is 6.35. The number of rotatable bonds is 32. The number of hydrogen-bond donors (Lipinski definition) is 0. The van der Waals surface area contributed by atoms with Crippen LogP contribution in [-0.2, 0) is 12.8 Å². The summed E-state index contributed by atoms with van der Waals surface area (Å²) in [6.07, 6.45) is 22.9. The van der Waals surface area contributed by atoms with E-state index in [2.05, 4.69) is 338 Å². The number of unbranched alkanes of at least 4 members (excludes halogenated alkanes) is 2. The van der Waals surface area contributed by atoms with Crippen LogP contribution >= 0.6 is 90.7 Å². The van der Waals surface area contributed by atoms with Gasteiger partial charge in [0.1, 0.15) is 11.5 Å². The summed E-state index contributed by atoms with van der Waals surface area (Å²) in [5, 5.41) is 24.2. The second-order valence-corrected chi connectivity index (χ2v) is 48.1. The summed E-state index contributed by atoms with van der Waals surface area (Å²) in [4.78, 5) is 5.41. The Morgan fingerprint density at radius 3 is 0.791 bits per heavy atom. The summed E-state index contributed by atoms with van der Waals surface area (Å²) in [5.41, 5.74) is 10.8. The van der Waals surface area contributed by atoms with Crippen LogP contribution in [0, 0.1) is 49.4 Å². The van der Waals surface area contributed by atoms with Crippen molar-refractivity contribution in [3.05, 3.63) is 276 Å². The molecule has 8 aromatic heterocycles. The number of aryl methyl sites for hydroxylation is 4. The van der Waals surface area contributed by atoms with Gasteiger partial charge in [0.2, 0.25) is 0 Å². The Bertz CT molecular complexity index is 7510. The van der Waals surface area contributed by atoms with Gasteiger partial charge in [0, 0.05) is 112 Å². The van der Waals surface area contributed by atoms with Gasteiger partial charge in [-0.2, -0.15) is 0 Å². The van der Waals surface area contributed by atoms with Gasteiger partial charge in [-0.3, -0.25) is 0 Å². The SMILES string of the molecule is CC(C)CCCC(C)CCc1ccc(-c2ccc3ccc4c(sc5c6ccc7ccc(-c8ccc(CCC(C)CCCC(C)C)cc8)cc7c6sc45)c3c2)cc1.CCCCC(CC)COc1ccc2ccc3c(sc4c5ccc6ccc(OCC(CC)CCCC)cc6c5sc34)c2c1.Cc1ccc(-c2ccc3ccc4c(sc5c6ccc7ccc(-c8ccc(C)s8)cc7c6sc45)c3c2)s1. The molecule has 0 aliphatic rings. The molecule has 680 valence electrons. The minimum Gasteiger partial charge on any atom is -0.493 e. The molecule has 22 rings (SSSR count). The third kappa shape index (κ3) is 19.4. The van der Waals surface area contributed by atoms with Crippen molar-refractivity contribution in [2.24, 2.45) is 35.5 Å². The van der Waals surface area contributed by atoms with Crippen molar-refractivity contribution in [2.75, 3.05) is 13.2 Å². The second kappa shape index (κ2) is 40.8. The van der Waals surface area contributed by atoms with E-state index < -0.39 is 0 Å². The van der Waals surface area contributed by atoms with Crippen LogP contribution in [0.5, 0.6) is 11.5 Å². The molecule has 4 atom stereocenters. The third-order valence-corrected chi connectivity index (χ3v) is 38.7. The molecule has 0 fully saturated rings. The van der Waals surface area contributed by atoms with Crippen LogP contribution < -0.4 is 9.47 Å². The van der Waals surface area contributed by atoms with Crippen LogP contribution in [0.15, 0.2) is 255 Å². The first-order chi connectivity index (χ1) is 65.4. The second-order valence-electron chi connectivity index (χ2n) is 39.4. The normalized spacial score (nSPS) is 13.1. The summed E-state index contributed by atoms with van der Waals surface area (Å²) >= 11 is 15.5. The summed E-state index contributed by atoms with van der Waals surface area (Å²) in [5.74, 6) is 6.45. The van der Waals surface area contributed by atoms with E-state index in [-0.39, 0.29) is 0 Å². The van der Waals surface area contributed by atoms with E-state index in [4.69, 9.17) is 9.47 Å². The molecule has 0 spiro atoms. The van der Waals surface area contributed by atoms with Crippen LogP contribution in [-0.4, -0.2) is 13.2 Å². The van der Waals surface area contributed by atoms with Gasteiger partial charge in [0.15, 0.2) is 0 Å². The van der Waals surface area contributed by atoms with E-state index in [0.29, 0.717) is 11.8 Å². The Morgan fingerprint density at radius 2 is 0.507 bits per heavy atom. The van der Waals surface area contributed by atoms with Crippen LogP contribution in [0.2, 0.25) is 0 Å². The summed E-state index contributed by atoms with van der Waals surface area (Å²) in [6, 6.07) is 96.9. The lowest BCUT2D eigenvalue weighted by Gasteiger charge is -2.16. The highest BCUT2D eigenvalue weighted by molar-refractivity contribution is 7.39. The van der Waals surface area contributed by atoms with Crippen molar-refractivity contribution in [1.29, 1.82) is 0 Å². The summed E-state index contributed by atoms with van der Waals surface area (Å²) in [6.45, 7) is 29.3. The lowest BCUT2D eigenvalue weighted by atomic mass is 9.93. The summed E-state index contributed by atoms with van der Waals surface area (Å²) in [7, 11) is 0. The Balaban J connectivity index is 0.000000128. The summed E-state index contributed by atoms with van der Waals surface area (Å²) < 4.78 is 29.6. The molecule has 0 N–H and O–H groups in total. The number of thiophene rings is 8. The van der Waals surface area contributed by atoms with Crippen molar-refractivity contribution in [2.45, 2.75) is 199 Å². The van der Waals surface area contributed by atoms with Crippen molar-refractivity contribution in [3.63, 3.8) is 0 Å². The van der Waals surface area contributed by atoms with Crippen molar-refractivity contribution < 1.29 is 9.47 Å². The van der Waals surface area contributed by atoms with Crippen LogP contribution in [0.25, 0.3) is 196 Å². The quantitative estimate of drug-likeness (QED) is 0.0418. The Labute approximate surface area is 823 Å². The van der Waals surface area contributed by atoms with E-state index >= 15 is 0 Å². The minimum atomic E-state index is 0.629.